The molecule has 0 aliphatic rings. The van der Waals surface area contributed by atoms with Crippen LogP contribution in [0.5, 0.6) is 0 Å². The van der Waals surface area contributed by atoms with E-state index in [-0.39, 0.29) is 5.82 Å². The van der Waals surface area contributed by atoms with Crippen LogP contribution < -0.4 is 0 Å². The first-order chi connectivity index (χ1) is 7.76. The van der Waals surface area contributed by atoms with Gasteiger partial charge in [0.05, 0.1) is 5.56 Å². The van der Waals surface area contributed by atoms with E-state index in [4.69, 9.17) is 0 Å². The van der Waals surface area contributed by atoms with E-state index >= 15 is 0 Å². The molecular weight excluding hydrogens is 207 g/mol. The topological polar surface area (TPSA) is 34.9 Å². The summed E-state index contributed by atoms with van der Waals surface area (Å²) >= 11 is 0. The SMILES string of the molecule is CCn1cc(C=O)c(-c2ccccc2F)n1. The second-order valence-electron chi connectivity index (χ2n) is 3.39. The zero-order valence-corrected chi connectivity index (χ0v) is 8.85. The normalized spacial score (nSPS) is 10.4. The van der Waals surface area contributed by atoms with Crippen LogP contribution in [0.25, 0.3) is 11.3 Å². The summed E-state index contributed by atoms with van der Waals surface area (Å²) in [7, 11) is 0. The zero-order valence-electron chi connectivity index (χ0n) is 8.85. The molecular formula is C12H11FN2O. The molecule has 1 heterocycles. The molecule has 0 atom stereocenters. The van der Waals surface area contributed by atoms with Gasteiger partial charge < -0.3 is 0 Å². The smallest absolute Gasteiger partial charge is 0.153 e. The minimum atomic E-state index is -0.369. The van der Waals surface area contributed by atoms with Gasteiger partial charge in [0.25, 0.3) is 0 Å². The van der Waals surface area contributed by atoms with Crippen LogP contribution in [0.15, 0.2) is 30.5 Å². The van der Waals surface area contributed by atoms with Crippen molar-refractivity contribution in [2.45, 2.75) is 13.5 Å². The van der Waals surface area contributed by atoms with Gasteiger partial charge in [0, 0.05) is 18.3 Å². The van der Waals surface area contributed by atoms with Gasteiger partial charge in [0.2, 0.25) is 0 Å². The Morgan fingerprint density at radius 1 is 1.44 bits per heavy atom. The molecule has 2 aromatic rings. The number of aryl methyl sites for hydroxylation is 1. The Kier molecular flexibility index (Phi) is 2.81. The minimum Gasteiger partial charge on any atom is -0.298 e. The number of benzene rings is 1. The summed E-state index contributed by atoms with van der Waals surface area (Å²) in [5, 5.41) is 4.18. The molecule has 0 bridgehead atoms. The molecule has 0 fully saturated rings. The highest BCUT2D eigenvalue weighted by atomic mass is 19.1. The van der Waals surface area contributed by atoms with E-state index in [0.29, 0.717) is 29.7 Å². The van der Waals surface area contributed by atoms with Crippen molar-refractivity contribution in [2.75, 3.05) is 0 Å². The van der Waals surface area contributed by atoms with Crippen molar-refractivity contribution < 1.29 is 9.18 Å². The standard InChI is InChI=1S/C12H11FN2O/c1-2-15-7-9(8-16)12(14-15)10-5-3-4-6-11(10)13/h3-8H,2H2,1H3. The molecule has 2 rings (SSSR count). The number of rotatable bonds is 3. The van der Waals surface area contributed by atoms with Gasteiger partial charge in [-0.3, -0.25) is 9.48 Å². The molecule has 4 heteroatoms. The summed E-state index contributed by atoms with van der Waals surface area (Å²) in [5.74, 6) is -0.369. The third-order valence-corrected chi connectivity index (χ3v) is 2.37. The van der Waals surface area contributed by atoms with E-state index in [1.54, 1.807) is 29.1 Å². The average Bonchev–Trinajstić information content (AvgIpc) is 2.72. The molecule has 16 heavy (non-hydrogen) atoms. The van der Waals surface area contributed by atoms with Gasteiger partial charge in [0.15, 0.2) is 6.29 Å². The zero-order chi connectivity index (χ0) is 11.5. The van der Waals surface area contributed by atoms with Gasteiger partial charge in [-0.2, -0.15) is 5.10 Å². The summed E-state index contributed by atoms with van der Waals surface area (Å²) < 4.78 is 15.2. The lowest BCUT2D eigenvalue weighted by Crippen LogP contribution is -1.94. The third kappa shape index (κ3) is 1.74. The van der Waals surface area contributed by atoms with Crippen molar-refractivity contribution in [1.29, 1.82) is 0 Å². The summed E-state index contributed by atoms with van der Waals surface area (Å²) in [4.78, 5) is 10.9. The number of carbonyl (C=O) groups is 1. The van der Waals surface area contributed by atoms with Crippen molar-refractivity contribution >= 4 is 6.29 Å². The van der Waals surface area contributed by atoms with Crippen molar-refractivity contribution in [2.24, 2.45) is 0 Å². The lowest BCUT2D eigenvalue weighted by Gasteiger charge is -1.99. The van der Waals surface area contributed by atoms with Gasteiger partial charge in [-0.05, 0) is 19.1 Å². The lowest BCUT2D eigenvalue weighted by atomic mass is 10.1. The number of hydrogen-bond acceptors (Lipinski definition) is 2. The number of nitrogens with zero attached hydrogens (tertiary/aromatic N) is 2. The van der Waals surface area contributed by atoms with E-state index < -0.39 is 0 Å². The van der Waals surface area contributed by atoms with E-state index in [2.05, 4.69) is 5.10 Å². The van der Waals surface area contributed by atoms with Gasteiger partial charge in [-0.15, -0.1) is 0 Å². The Morgan fingerprint density at radius 3 is 2.81 bits per heavy atom. The van der Waals surface area contributed by atoms with Crippen LogP contribution in [0.1, 0.15) is 17.3 Å². The highest BCUT2D eigenvalue weighted by Gasteiger charge is 2.13. The third-order valence-electron chi connectivity index (χ3n) is 2.37. The van der Waals surface area contributed by atoms with Crippen LogP contribution in [0.3, 0.4) is 0 Å². The Hall–Kier alpha value is -1.97. The van der Waals surface area contributed by atoms with Crippen LogP contribution in [0.4, 0.5) is 4.39 Å². The summed E-state index contributed by atoms with van der Waals surface area (Å²) in [6.45, 7) is 2.56. The molecule has 0 aliphatic carbocycles. The maximum absolute atomic E-state index is 13.5. The molecule has 0 spiro atoms. The first-order valence-electron chi connectivity index (χ1n) is 5.03. The molecule has 0 unspecified atom stereocenters. The average molecular weight is 218 g/mol. The maximum Gasteiger partial charge on any atom is 0.153 e. The van der Waals surface area contributed by atoms with E-state index in [1.165, 1.54) is 6.07 Å². The summed E-state index contributed by atoms with van der Waals surface area (Å²) in [6, 6.07) is 6.30. The Labute approximate surface area is 92.5 Å². The molecule has 0 N–H and O–H groups in total. The minimum absolute atomic E-state index is 0.358. The van der Waals surface area contributed by atoms with Crippen LogP contribution in [0.2, 0.25) is 0 Å². The fourth-order valence-corrected chi connectivity index (χ4v) is 1.55. The van der Waals surface area contributed by atoms with Crippen LogP contribution in [-0.2, 0) is 6.54 Å². The molecule has 0 saturated heterocycles. The monoisotopic (exact) mass is 218 g/mol. The molecule has 3 nitrogen and oxygen atoms in total. The molecule has 0 amide bonds. The predicted molar refractivity (Wildman–Crippen MR) is 58.7 cm³/mol. The Balaban J connectivity index is 2.59. The number of halogens is 1. The fourth-order valence-electron chi connectivity index (χ4n) is 1.55. The molecule has 1 aromatic heterocycles. The second-order valence-corrected chi connectivity index (χ2v) is 3.39. The first kappa shape index (κ1) is 10.5. The summed E-state index contributed by atoms with van der Waals surface area (Å²) in [5.41, 5.74) is 1.17. The van der Waals surface area contributed by atoms with Crippen molar-refractivity contribution in [3.63, 3.8) is 0 Å². The molecule has 82 valence electrons. The Morgan fingerprint density at radius 2 is 2.19 bits per heavy atom. The predicted octanol–water partition coefficient (Wildman–Crippen LogP) is 2.52. The number of hydrogen-bond donors (Lipinski definition) is 0. The van der Waals surface area contributed by atoms with Gasteiger partial charge in [0.1, 0.15) is 11.5 Å². The number of aldehydes is 1. The van der Waals surface area contributed by atoms with Crippen LogP contribution in [-0.4, -0.2) is 16.1 Å². The van der Waals surface area contributed by atoms with Crippen LogP contribution >= 0.6 is 0 Å². The van der Waals surface area contributed by atoms with Gasteiger partial charge >= 0.3 is 0 Å². The van der Waals surface area contributed by atoms with Gasteiger partial charge in [-0.1, -0.05) is 12.1 Å². The number of carbonyl (C=O) groups excluding carboxylic acids is 1. The van der Waals surface area contributed by atoms with E-state index in [9.17, 15) is 9.18 Å². The van der Waals surface area contributed by atoms with Crippen LogP contribution in [0, 0.1) is 5.82 Å². The van der Waals surface area contributed by atoms with E-state index in [1.807, 2.05) is 6.92 Å². The molecule has 0 aliphatic heterocycles. The fraction of sp³-hybridized carbons (Fsp3) is 0.167. The quantitative estimate of drug-likeness (QED) is 0.742. The van der Waals surface area contributed by atoms with Gasteiger partial charge in [-0.25, -0.2) is 4.39 Å². The highest BCUT2D eigenvalue weighted by Crippen LogP contribution is 2.23. The molecule has 1 aromatic carbocycles. The highest BCUT2D eigenvalue weighted by molar-refractivity contribution is 5.85. The first-order valence-corrected chi connectivity index (χ1v) is 5.03. The number of aromatic nitrogens is 2. The van der Waals surface area contributed by atoms with Crippen molar-refractivity contribution in [1.82, 2.24) is 9.78 Å². The summed E-state index contributed by atoms with van der Waals surface area (Å²) in [6.07, 6.45) is 2.32. The molecule has 0 radical (unpaired) electrons. The molecule has 0 saturated carbocycles. The van der Waals surface area contributed by atoms with Crippen molar-refractivity contribution in [3.05, 3.63) is 41.8 Å². The maximum atomic E-state index is 13.5. The van der Waals surface area contributed by atoms with Crippen molar-refractivity contribution in [3.8, 4) is 11.3 Å². The second kappa shape index (κ2) is 4.26. The van der Waals surface area contributed by atoms with E-state index in [0.717, 1.165) is 0 Å². The Bertz CT molecular complexity index is 519. The lowest BCUT2D eigenvalue weighted by molar-refractivity contribution is 0.112. The largest absolute Gasteiger partial charge is 0.298 e.